The predicted molar refractivity (Wildman–Crippen MR) is 55.6 cm³/mol. The average molecular weight is 190 g/mol. The van der Waals surface area contributed by atoms with Gasteiger partial charge in [0.2, 0.25) is 0 Å². The van der Waals surface area contributed by atoms with Gasteiger partial charge in [-0.1, -0.05) is 0 Å². The smallest absolute Gasteiger partial charge is 0.190 e. The van der Waals surface area contributed by atoms with Crippen molar-refractivity contribution in [3.05, 3.63) is 24.0 Å². The summed E-state index contributed by atoms with van der Waals surface area (Å²) in [6.45, 7) is 0. The fraction of sp³-hybridized carbons (Fsp3) is 0.100. The molecule has 0 bridgehead atoms. The molecule has 0 saturated carbocycles. The van der Waals surface area contributed by atoms with Crippen LogP contribution in [0.4, 0.5) is 11.4 Å². The van der Waals surface area contributed by atoms with Crippen LogP contribution in [0.5, 0.6) is 0 Å². The summed E-state index contributed by atoms with van der Waals surface area (Å²) < 4.78 is 5.31. The first-order chi connectivity index (χ1) is 6.76. The monoisotopic (exact) mass is 190 g/mol. The van der Waals surface area contributed by atoms with Crippen LogP contribution in [0.1, 0.15) is 10.6 Å². The number of anilines is 2. The molecule has 3 N–H and O–H groups in total. The Bertz CT molecular complexity index is 488. The highest BCUT2D eigenvalue weighted by molar-refractivity contribution is 6.00. The van der Waals surface area contributed by atoms with E-state index in [0.717, 1.165) is 5.39 Å². The molecule has 2 aromatic rings. The van der Waals surface area contributed by atoms with Crippen molar-refractivity contribution in [2.45, 2.75) is 0 Å². The number of aldehydes is 1. The van der Waals surface area contributed by atoms with E-state index in [9.17, 15) is 4.79 Å². The van der Waals surface area contributed by atoms with Crippen LogP contribution >= 0.6 is 0 Å². The van der Waals surface area contributed by atoms with Crippen molar-refractivity contribution in [2.75, 3.05) is 18.1 Å². The number of nitrogens with one attached hydrogen (secondary N) is 1. The fourth-order valence-corrected chi connectivity index (χ4v) is 1.48. The number of nitrogen functional groups attached to an aromatic ring is 1. The molecule has 0 aliphatic carbocycles. The zero-order valence-electron chi connectivity index (χ0n) is 7.70. The Morgan fingerprint density at radius 2 is 2.29 bits per heavy atom. The lowest BCUT2D eigenvalue weighted by Crippen LogP contribution is -1.90. The quantitative estimate of drug-likeness (QED) is 0.560. The minimum Gasteiger partial charge on any atom is -0.451 e. The summed E-state index contributed by atoms with van der Waals surface area (Å²) in [6, 6.07) is 5.26. The van der Waals surface area contributed by atoms with Crippen LogP contribution in [0, 0.1) is 0 Å². The molecule has 4 nitrogen and oxygen atoms in total. The number of rotatable bonds is 2. The molecule has 2 rings (SSSR count). The topological polar surface area (TPSA) is 68.3 Å². The van der Waals surface area contributed by atoms with Crippen molar-refractivity contribution < 1.29 is 9.21 Å². The van der Waals surface area contributed by atoms with Crippen LogP contribution in [0.2, 0.25) is 0 Å². The normalized spacial score (nSPS) is 10.4. The van der Waals surface area contributed by atoms with Crippen molar-refractivity contribution >= 4 is 28.6 Å². The van der Waals surface area contributed by atoms with Gasteiger partial charge in [0.15, 0.2) is 12.0 Å². The molecule has 0 saturated heterocycles. The Kier molecular flexibility index (Phi) is 1.89. The van der Waals surface area contributed by atoms with Crippen LogP contribution < -0.4 is 11.1 Å². The van der Waals surface area contributed by atoms with Gasteiger partial charge < -0.3 is 15.5 Å². The summed E-state index contributed by atoms with van der Waals surface area (Å²) in [6.07, 6.45) is 0.683. The van der Waals surface area contributed by atoms with E-state index in [4.69, 9.17) is 10.2 Å². The zero-order chi connectivity index (χ0) is 10.1. The molecule has 0 fully saturated rings. The van der Waals surface area contributed by atoms with Gasteiger partial charge in [-0.05, 0) is 18.2 Å². The SMILES string of the molecule is CNc1c(C=O)oc2ccc(N)cc12. The van der Waals surface area contributed by atoms with Gasteiger partial charge in [0.1, 0.15) is 5.58 Å². The van der Waals surface area contributed by atoms with Crippen LogP contribution in [0.15, 0.2) is 22.6 Å². The second-order valence-electron chi connectivity index (χ2n) is 2.96. The third kappa shape index (κ3) is 1.12. The molecule has 14 heavy (non-hydrogen) atoms. The number of hydrogen-bond donors (Lipinski definition) is 2. The second-order valence-corrected chi connectivity index (χ2v) is 2.96. The van der Waals surface area contributed by atoms with E-state index >= 15 is 0 Å². The van der Waals surface area contributed by atoms with Gasteiger partial charge in [-0.25, -0.2) is 0 Å². The summed E-state index contributed by atoms with van der Waals surface area (Å²) in [4.78, 5) is 10.7. The third-order valence-corrected chi connectivity index (χ3v) is 2.10. The lowest BCUT2D eigenvalue weighted by molar-refractivity contribution is 0.110. The number of fused-ring (bicyclic) bond motifs is 1. The van der Waals surface area contributed by atoms with Crippen molar-refractivity contribution in [2.24, 2.45) is 0 Å². The van der Waals surface area contributed by atoms with Crippen molar-refractivity contribution in [1.82, 2.24) is 0 Å². The number of furan rings is 1. The summed E-state index contributed by atoms with van der Waals surface area (Å²) in [5, 5.41) is 3.74. The molecule has 72 valence electrons. The van der Waals surface area contributed by atoms with E-state index in [0.29, 0.717) is 29.0 Å². The molecule has 4 heteroatoms. The molecule has 0 radical (unpaired) electrons. The molecule has 0 atom stereocenters. The van der Waals surface area contributed by atoms with Crippen molar-refractivity contribution in [1.29, 1.82) is 0 Å². The van der Waals surface area contributed by atoms with Crippen LogP contribution in [-0.4, -0.2) is 13.3 Å². The van der Waals surface area contributed by atoms with E-state index in [1.165, 1.54) is 0 Å². The van der Waals surface area contributed by atoms with Crippen LogP contribution in [0.25, 0.3) is 11.0 Å². The Morgan fingerprint density at radius 1 is 1.50 bits per heavy atom. The first kappa shape index (κ1) is 8.62. The van der Waals surface area contributed by atoms with Gasteiger partial charge in [0, 0.05) is 18.1 Å². The Balaban J connectivity index is 2.81. The van der Waals surface area contributed by atoms with E-state index in [2.05, 4.69) is 5.32 Å². The molecule has 1 aromatic carbocycles. The molecule has 0 amide bonds. The standard InChI is InChI=1S/C10H10N2O2/c1-12-10-7-4-6(11)2-3-8(7)14-9(10)5-13/h2-5,12H,11H2,1H3. The van der Waals surface area contributed by atoms with Gasteiger partial charge in [0.25, 0.3) is 0 Å². The summed E-state index contributed by atoms with van der Waals surface area (Å²) >= 11 is 0. The number of carbonyl (C=O) groups excluding carboxylic acids is 1. The van der Waals surface area contributed by atoms with E-state index in [-0.39, 0.29) is 0 Å². The number of benzene rings is 1. The maximum absolute atomic E-state index is 10.7. The summed E-state index contributed by atoms with van der Waals surface area (Å²) in [5.74, 6) is 0.299. The molecule has 0 aliphatic heterocycles. The third-order valence-electron chi connectivity index (χ3n) is 2.10. The highest BCUT2D eigenvalue weighted by atomic mass is 16.3. The minimum atomic E-state index is 0.299. The largest absolute Gasteiger partial charge is 0.451 e. The first-order valence-corrected chi connectivity index (χ1v) is 4.21. The maximum Gasteiger partial charge on any atom is 0.190 e. The van der Waals surface area contributed by atoms with Gasteiger partial charge in [-0.2, -0.15) is 0 Å². The second kappa shape index (κ2) is 3.06. The van der Waals surface area contributed by atoms with Gasteiger partial charge in [-0.15, -0.1) is 0 Å². The Morgan fingerprint density at radius 3 is 2.93 bits per heavy atom. The van der Waals surface area contributed by atoms with Gasteiger partial charge in [-0.3, -0.25) is 4.79 Å². The lowest BCUT2D eigenvalue weighted by atomic mass is 10.2. The maximum atomic E-state index is 10.7. The van der Waals surface area contributed by atoms with E-state index in [1.54, 1.807) is 25.2 Å². The van der Waals surface area contributed by atoms with Crippen molar-refractivity contribution in [3.8, 4) is 0 Å². The lowest BCUT2D eigenvalue weighted by Gasteiger charge is -1.96. The molecule has 0 unspecified atom stereocenters. The minimum absolute atomic E-state index is 0.299. The zero-order valence-corrected chi connectivity index (χ0v) is 7.70. The average Bonchev–Trinajstić information content (AvgIpc) is 2.54. The Hall–Kier alpha value is -1.97. The van der Waals surface area contributed by atoms with E-state index in [1.807, 2.05) is 0 Å². The van der Waals surface area contributed by atoms with Crippen molar-refractivity contribution in [3.63, 3.8) is 0 Å². The van der Waals surface area contributed by atoms with Gasteiger partial charge in [0.05, 0.1) is 5.69 Å². The molecule has 0 aliphatic rings. The predicted octanol–water partition coefficient (Wildman–Crippen LogP) is 1.87. The molecule has 1 heterocycles. The molecule has 1 aromatic heterocycles. The van der Waals surface area contributed by atoms with E-state index < -0.39 is 0 Å². The highest BCUT2D eigenvalue weighted by Crippen LogP contribution is 2.30. The number of hydrogen-bond acceptors (Lipinski definition) is 4. The van der Waals surface area contributed by atoms with Crippen LogP contribution in [-0.2, 0) is 0 Å². The van der Waals surface area contributed by atoms with Crippen LogP contribution in [0.3, 0.4) is 0 Å². The molecule has 0 spiro atoms. The van der Waals surface area contributed by atoms with Gasteiger partial charge >= 0.3 is 0 Å². The fourth-order valence-electron chi connectivity index (χ4n) is 1.48. The number of carbonyl (C=O) groups is 1. The molecular formula is C10H10N2O2. The highest BCUT2D eigenvalue weighted by Gasteiger charge is 2.11. The molecular weight excluding hydrogens is 180 g/mol. The summed E-state index contributed by atoms with van der Waals surface area (Å²) in [5.41, 5.74) is 7.63. The Labute approximate surface area is 80.7 Å². The summed E-state index contributed by atoms with van der Waals surface area (Å²) in [7, 11) is 1.74. The first-order valence-electron chi connectivity index (χ1n) is 4.21. The number of nitrogens with two attached hydrogens (primary N) is 1.